The first-order valence-electron chi connectivity index (χ1n) is 19.2. The molecule has 0 bridgehead atoms. The second-order valence-electron chi connectivity index (χ2n) is 14.1. The lowest BCUT2D eigenvalue weighted by Gasteiger charge is -2.31. The Balaban J connectivity index is 1.35. The molecule has 264 valence electrons. The summed E-state index contributed by atoms with van der Waals surface area (Å²) < 4.78 is 2.40. The van der Waals surface area contributed by atoms with Gasteiger partial charge in [0.15, 0.2) is 0 Å². The van der Waals surface area contributed by atoms with Crippen LogP contribution in [0.15, 0.2) is 231 Å². The molecule has 0 N–H and O–H groups in total. The van der Waals surface area contributed by atoms with Crippen LogP contribution in [0.3, 0.4) is 0 Å². The lowest BCUT2D eigenvalue weighted by atomic mass is 9.93. The van der Waals surface area contributed by atoms with E-state index in [0.29, 0.717) is 0 Å². The summed E-state index contributed by atoms with van der Waals surface area (Å²) in [6.07, 6.45) is 0. The van der Waals surface area contributed by atoms with Gasteiger partial charge in [0.25, 0.3) is 0 Å². The molecule has 10 aromatic rings. The number of aromatic nitrogens is 1. The Hall–Kier alpha value is -7.42. The van der Waals surface area contributed by atoms with E-state index in [1.807, 2.05) is 0 Å². The molecule has 0 radical (unpaired) electrons. The molecule has 0 aliphatic heterocycles. The lowest BCUT2D eigenvalue weighted by Crippen LogP contribution is -2.13. The minimum Gasteiger partial charge on any atom is -0.309 e. The highest BCUT2D eigenvalue weighted by atomic mass is 15.2. The number of para-hydroxylation sites is 2. The molecule has 1 aromatic heterocycles. The number of rotatable bonds is 8. The third-order valence-corrected chi connectivity index (χ3v) is 10.8. The van der Waals surface area contributed by atoms with Gasteiger partial charge in [-0.15, -0.1) is 0 Å². The van der Waals surface area contributed by atoms with E-state index in [4.69, 9.17) is 0 Å². The second-order valence-corrected chi connectivity index (χ2v) is 14.1. The molecule has 0 saturated carbocycles. The maximum absolute atomic E-state index is 2.52. The number of anilines is 3. The normalized spacial score (nSPS) is 11.2. The Morgan fingerprint density at radius 2 is 0.786 bits per heavy atom. The minimum atomic E-state index is 1.10. The van der Waals surface area contributed by atoms with Crippen LogP contribution in [0.5, 0.6) is 0 Å². The van der Waals surface area contributed by atoms with E-state index >= 15 is 0 Å². The summed E-state index contributed by atoms with van der Waals surface area (Å²) in [4.78, 5) is 2.52. The van der Waals surface area contributed by atoms with Crippen LogP contribution < -0.4 is 4.90 Å². The van der Waals surface area contributed by atoms with Crippen molar-refractivity contribution in [3.8, 4) is 50.2 Å². The molecule has 56 heavy (non-hydrogen) atoms. The van der Waals surface area contributed by atoms with Gasteiger partial charge in [-0.05, 0) is 81.9 Å². The zero-order valence-corrected chi connectivity index (χ0v) is 30.8. The average Bonchev–Trinajstić information content (AvgIpc) is 3.63. The van der Waals surface area contributed by atoms with Gasteiger partial charge < -0.3 is 9.47 Å². The highest BCUT2D eigenvalue weighted by molar-refractivity contribution is 6.17. The van der Waals surface area contributed by atoms with E-state index in [2.05, 4.69) is 240 Å². The van der Waals surface area contributed by atoms with Crippen molar-refractivity contribution in [2.45, 2.75) is 0 Å². The van der Waals surface area contributed by atoms with Crippen molar-refractivity contribution in [2.24, 2.45) is 0 Å². The largest absolute Gasteiger partial charge is 0.309 e. The number of fused-ring (bicyclic) bond motifs is 3. The van der Waals surface area contributed by atoms with Crippen molar-refractivity contribution in [3.63, 3.8) is 0 Å². The van der Waals surface area contributed by atoms with Crippen molar-refractivity contribution in [3.05, 3.63) is 231 Å². The Labute approximate surface area is 327 Å². The van der Waals surface area contributed by atoms with Crippen LogP contribution in [0, 0.1) is 0 Å². The standard InChI is InChI=1S/C54H38N2/c1-6-19-39(20-7-1)43-34-36-50(48(37-43)42-25-12-4-13-26-42)56(53-38-44(40-21-8-2-9-22-40)33-35-46(53)41-23-10-3-11-24-41)52-32-18-31-51-54(52)47-29-16-17-30-49(47)55(51)45-27-14-5-15-28-45/h1-38H. The van der Waals surface area contributed by atoms with E-state index in [0.717, 1.165) is 56.1 Å². The van der Waals surface area contributed by atoms with Crippen LogP contribution in [-0.4, -0.2) is 4.57 Å². The second kappa shape index (κ2) is 14.4. The number of hydrogen-bond donors (Lipinski definition) is 0. The summed E-state index contributed by atoms with van der Waals surface area (Å²) >= 11 is 0. The van der Waals surface area contributed by atoms with Crippen molar-refractivity contribution in [1.29, 1.82) is 0 Å². The predicted molar refractivity (Wildman–Crippen MR) is 237 cm³/mol. The fourth-order valence-electron chi connectivity index (χ4n) is 8.21. The first kappa shape index (κ1) is 33.2. The minimum absolute atomic E-state index is 1.10. The van der Waals surface area contributed by atoms with Crippen molar-refractivity contribution < 1.29 is 0 Å². The van der Waals surface area contributed by atoms with Crippen LogP contribution >= 0.6 is 0 Å². The van der Waals surface area contributed by atoms with Crippen LogP contribution in [-0.2, 0) is 0 Å². The third-order valence-electron chi connectivity index (χ3n) is 10.8. The molecule has 0 atom stereocenters. The molecular formula is C54H38N2. The first-order valence-corrected chi connectivity index (χ1v) is 19.2. The van der Waals surface area contributed by atoms with Crippen molar-refractivity contribution in [1.82, 2.24) is 4.57 Å². The number of nitrogens with zero attached hydrogens (tertiary/aromatic N) is 2. The molecule has 0 saturated heterocycles. The summed E-state index contributed by atoms with van der Waals surface area (Å²) in [5, 5.41) is 2.40. The zero-order chi connectivity index (χ0) is 37.3. The Morgan fingerprint density at radius 3 is 1.43 bits per heavy atom. The Kier molecular flexibility index (Phi) is 8.55. The maximum Gasteiger partial charge on any atom is 0.0562 e. The molecule has 2 heteroatoms. The highest BCUT2D eigenvalue weighted by Gasteiger charge is 2.26. The smallest absolute Gasteiger partial charge is 0.0562 e. The molecule has 0 aliphatic carbocycles. The summed E-state index contributed by atoms with van der Waals surface area (Å²) in [6.45, 7) is 0. The van der Waals surface area contributed by atoms with Gasteiger partial charge in [0.1, 0.15) is 0 Å². The van der Waals surface area contributed by atoms with Crippen molar-refractivity contribution >= 4 is 38.9 Å². The molecule has 0 fully saturated rings. The maximum atomic E-state index is 2.52. The SMILES string of the molecule is c1ccc(-c2ccc(N(c3cc(-c4ccccc4)ccc3-c3ccccc3)c3cccc4c3c3ccccc3n4-c3ccccc3)c(-c3ccccc3)c2)cc1. The van der Waals surface area contributed by atoms with Crippen molar-refractivity contribution in [2.75, 3.05) is 4.90 Å². The molecule has 9 aromatic carbocycles. The molecule has 2 nitrogen and oxygen atoms in total. The number of benzene rings is 9. The first-order chi connectivity index (χ1) is 27.8. The lowest BCUT2D eigenvalue weighted by molar-refractivity contribution is 1.18. The summed E-state index contributed by atoms with van der Waals surface area (Å²) in [7, 11) is 0. The quantitative estimate of drug-likeness (QED) is 0.152. The van der Waals surface area contributed by atoms with Crippen LogP contribution in [0.25, 0.3) is 72.0 Å². The molecule has 0 spiro atoms. The van der Waals surface area contributed by atoms with Gasteiger partial charge in [0.05, 0.1) is 28.1 Å². The van der Waals surface area contributed by atoms with Gasteiger partial charge in [-0.1, -0.05) is 182 Å². The Bertz CT molecular complexity index is 2930. The average molecular weight is 715 g/mol. The van der Waals surface area contributed by atoms with E-state index in [1.54, 1.807) is 0 Å². The van der Waals surface area contributed by atoms with E-state index < -0.39 is 0 Å². The fourth-order valence-corrected chi connectivity index (χ4v) is 8.21. The monoisotopic (exact) mass is 714 g/mol. The van der Waals surface area contributed by atoms with Gasteiger partial charge in [0, 0.05) is 27.6 Å². The van der Waals surface area contributed by atoms with E-state index in [1.165, 1.54) is 33.0 Å². The van der Waals surface area contributed by atoms with Gasteiger partial charge in [-0.3, -0.25) is 0 Å². The molecule has 0 aliphatic rings. The summed E-state index contributed by atoms with van der Waals surface area (Å²) in [5.41, 5.74) is 16.1. The Morgan fingerprint density at radius 1 is 0.286 bits per heavy atom. The van der Waals surface area contributed by atoms with Gasteiger partial charge in [-0.25, -0.2) is 0 Å². The summed E-state index contributed by atoms with van der Waals surface area (Å²) in [6, 6.07) is 83.2. The van der Waals surface area contributed by atoms with Crippen LogP contribution in [0.1, 0.15) is 0 Å². The van der Waals surface area contributed by atoms with Crippen LogP contribution in [0.2, 0.25) is 0 Å². The highest BCUT2D eigenvalue weighted by Crippen LogP contribution is 2.50. The summed E-state index contributed by atoms with van der Waals surface area (Å²) in [5.74, 6) is 0. The molecule has 0 unspecified atom stereocenters. The number of hydrogen-bond acceptors (Lipinski definition) is 1. The van der Waals surface area contributed by atoms with Gasteiger partial charge in [0.2, 0.25) is 0 Å². The topological polar surface area (TPSA) is 8.17 Å². The predicted octanol–water partition coefficient (Wildman–Crippen LogP) is 14.9. The molecular weight excluding hydrogens is 677 g/mol. The van der Waals surface area contributed by atoms with E-state index in [9.17, 15) is 0 Å². The van der Waals surface area contributed by atoms with Gasteiger partial charge >= 0.3 is 0 Å². The molecule has 10 rings (SSSR count). The zero-order valence-electron chi connectivity index (χ0n) is 30.8. The fraction of sp³-hybridized carbons (Fsp3) is 0. The molecule has 0 amide bonds. The van der Waals surface area contributed by atoms with Gasteiger partial charge in [-0.2, -0.15) is 0 Å². The molecule has 1 heterocycles. The van der Waals surface area contributed by atoms with E-state index in [-0.39, 0.29) is 0 Å². The van der Waals surface area contributed by atoms with Crippen LogP contribution in [0.4, 0.5) is 17.1 Å². The third kappa shape index (κ3) is 5.95.